The molecule has 1 aromatic carbocycles. The van der Waals surface area contributed by atoms with Crippen LogP contribution in [0.4, 0.5) is 0 Å². The van der Waals surface area contributed by atoms with Crippen LogP contribution in [0.25, 0.3) is 5.57 Å². The highest BCUT2D eigenvalue weighted by Gasteiger charge is 2.19. The van der Waals surface area contributed by atoms with Crippen LogP contribution in [0.5, 0.6) is 5.75 Å². The number of aromatic carboxylic acids is 1. The third kappa shape index (κ3) is 3.53. The number of carbonyl (C=O) groups is 1. The molecule has 0 aliphatic carbocycles. The summed E-state index contributed by atoms with van der Waals surface area (Å²) < 4.78 is 5.39. The Kier molecular flexibility index (Phi) is 5.18. The first kappa shape index (κ1) is 17.5. The second-order valence-corrected chi connectivity index (χ2v) is 5.72. The molecule has 1 heterocycles. The summed E-state index contributed by atoms with van der Waals surface area (Å²) in [6.45, 7) is 5.62. The van der Waals surface area contributed by atoms with Crippen LogP contribution in [-0.2, 0) is 0 Å². The van der Waals surface area contributed by atoms with Crippen molar-refractivity contribution in [3.05, 3.63) is 58.8 Å². The maximum absolute atomic E-state index is 11.4. The number of rotatable bonds is 5. The van der Waals surface area contributed by atoms with Crippen molar-refractivity contribution in [3.8, 4) is 5.75 Å². The highest BCUT2D eigenvalue weighted by Crippen LogP contribution is 2.31. The van der Waals surface area contributed by atoms with Gasteiger partial charge in [0.05, 0.1) is 7.11 Å². The topological polar surface area (TPSA) is 98.3 Å². The average Bonchev–Trinajstić information content (AvgIpc) is 2.54. The van der Waals surface area contributed by atoms with E-state index in [2.05, 4.69) is 9.97 Å². The lowest BCUT2D eigenvalue weighted by Gasteiger charge is -2.15. The SMILES string of the molecule is COc1ccccc1C(=C(C)N)c1nc(C(=O)O)cc(C(C)C)n1. The zero-order valence-electron chi connectivity index (χ0n) is 14.2. The largest absolute Gasteiger partial charge is 0.496 e. The first-order valence-corrected chi connectivity index (χ1v) is 7.57. The van der Waals surface area contributed by atoms with Crippen LogP contribution >= 0.6 is 0 Å². The number of nitrogens with two attached hydrogens (primary N) is 1. The molecule has 0 saturated carbocycles. The molecule has 6 heteroatoms. The van der Waals surface area contributed by atoms with E-state index in [0.29, 0.717) is 22.7 Å². The van der Waals surface area contributed by atoms with Crippen molar-refractivity contribution in [2.24, 2.45) is 5.73 Å². The van der Waals surface area contributed by atoms with Crippen LogP contribution in [0, 0.1) is 0 Å². The quantitative estimate of drug-likeness (QED) is 0.876. The van der Waals surface area contributed by atoms with Gasteiger partial charge in [0.2, 0.25) is 0 Å². The minimum atomic E-state index is -1.10. The van der Waals surface area contributed by atoms with Crippen molar-refractivity contribution in [1.29, 1.82) is 0 Å². The van der Waals surface area contributed by atoms with Crippen molar-refractivity contribution in [2.75, 3.05) is 7.11 Å². The number of hydrogen-bond donors (Lipinski definition) is 2. The second kappa shape index (κ2) is 7.12. The standard InChI is InChI=1S/C18H21N3O3/c1-10(2)13-9-14(18(22)23)21-17(20-13)16(11(3)19)12-7-5-6-8-15(12)24-4/h5-10H,19H2,1-4H3,(H,22,23). The normalized spacial score (nSPS) is 12.0. The molecule has 126 valence electrons. The second-order valence-electron chi connectivity index (χ2n) is 5.72. The van der Waals surface area contributed by atoms with Crippen LogP contribution in [0.1, 0.15) is 54.3 Å². The summed E-state index contributed by atoms with van der Waals surface area (Å²) in [5.74, 6) is -0.146. The zero-order chi connectivity index (χ0) is 17.9. The van der Waals surface area contributed by atoms with Crippen molar-refractivity contribution in [2.45, 2.75) is 26.7 Å². The summed E-state index contributed by atoms with van der Waals surface area (Å²) in [7, 11) is 1.57. The van der Waals surface area contributed by atoms with Crippen molar-refractivity contribution in [3.63, 3.8) is 0 Å². The van der Waals surface area contributed by atoms with E-state index in [4.69, 9.17) is 10.5 Å². The van der Waals surface area contributed by atoms with Gasteiger partial charge >= 0.3 is 5.97 Å². The molecular formula is C18H21N3O3. The Bertz CT molecular complexity index is 794. The summed E-state index contributed by atoms with van der Waals surface area (Å²) in [5, 5.41) is 9.34. The molecule has 24 heavy (non-hydrogen) atoms. The molecule has 0 aliphatic heterocycles. The van der Waals surface area contributed by atoms with Crippen LogP contribution in [-0.4, -0.2) is 28.2 Å². The number of para-hydroxylation sites is 1. The molecule has 0 fully saturated rings. The van der Waals surface area contributed by atoms with E-state index in [9.17, 15) is 9.90 Å². The van der Waals surface area contributed by atoms with E-state index >= 15 is 0 Å². The number of benzene rings is 1. The number of aromatic nitrogens is 2. The third-order valence-electron chi connectivity index (χ3n) is 3.55. The minimum Gasteiger partial charge on any atom is -0.496 e. The van der Waals surface area contributed by atoms with Gasteiger partial charge in [-0.1, -0.05) is 32.0 Å². The number of nitrogens with zero attached hydrogens (tertiary/aromatic N) is 2. The van der Waals surface area contributed by atoms with Gasteiger partial charge in [-0.25, -0.2) is 14.8 Å². The number of carboxylic acids is 1. The monoisotopic (exact) mass is 327 g/mol. The predicted molar refractivity (Wildman–Crippen MR) is 92.0 cm³/mol. The predicted octanol–water partition coefficient (Wildman–Crippen LogP) is 3.04. The van der Waals surface area contributed by atoms with Gasteiger partial charge < -0.3 is 15.6 Å². The molecule has 6 nitrogen and oxygen atoms in total. The molecule has 1 aromatic heterocycles. The lowest BCUT2D eigenvalue weighted by molar-refractivity contribution is 0.0690. The maximum Gasteiger partial charge on any atom is 0.354 e. The highest BCUT2D eigenvalue weighted by atomic mass is 16.5. The minimum absolute atomic E-state index is 0.0573. The Labute approximate surface area is 141 Å². The van der Waals surface area contributed by atoms with Crippen molar-refractivity contribution >= 4 is 11.5 Å². The van der Waals surface area contributed by atoms with Gasteiger partial charge in [-0.05, 0) is 25.0 Å². The van der Waals surface area contributed by atoms with E-state index in [1.165, 1.54) is 6.07 Å². The Morgan fingerprint density at radius 1 is 1.25 bits per heavy atom. The fourth-order valence-electron chi connectivity index (χ4n) is 2.34. The summed E-state index contributed by atoms with van der Waals surface area (Å²) in [6.07, 6.45) is 0. The molecule has 0 unspecified atom stereocenters. The fraction of sp³-hybridized carbons (Fsp3) is 0.278. The van der Waals surface area contributed by atoms with Crippen LogP contribution in [0.15, 0.2) is 36.0 Å². The molecule has 0 radical (unpaired) electrons. The van der Waals surface area contributed by atoms with Crippen LogP contribution in [0.2, 0.25) is 0 Å². The average molecular weight is 327 g/mol. The van der Waals surface area contributed by atoms with Gasteiger partial charge in [-0.15, -0.1) is 0 Å². The zero-order valence-corrected chi connectivity index (χ0v) is 14.2. The molecule has 0 spiro atoms. The van der Waals surface area contributed by atoms with E-state index < -0.39 is 5.97 Å². The van der Waals surface area contributed by atoms with E-state index in [-0.39, 0.29) is 17.4 Å². The first-order chi connectivity index (χ1) is 11.3. The molecule has 0 atom stereocenters. The van der Waals surface area contributed by atoms with E-state index in [0.717, 1.165) is 5.56 Å². The summed E-state index contributed by atoms with van der Waals surface area (Å²) in [6, 6.07) is 8.84. The Morgan fingerprint density at radius 3 is 2.46 bits per heavy atom. The van der Waals surface area contributed by atoms with Gasteiger partial charge in [0, 0.05) is 22.5 Å². The van der Waals surface area contributed by atoms with Gasteiger partial charge in [-0.2, -0.15) is 0 Å². The number of allylic oxidation sites excluding steroid dienone is 1. The molecule has 2 rings (SSSR count). The van der Waals surface area contributed by atoms with Gasteiger partial charge in [0.15, 0.2) is 11.5 Å². The third-order valence-corrected chi connectivity index (χ3v) is 3.55. The summed E-state index contributed by atoms with van der Waals surface area (Å²) in [4.78, 5) is 20.1. The number of ether oxygens (including phenoxy) is 1. The smallest absolute Gasteiger partial charge is 0.354 e. The fourth-order valence-corrected chi connectivity index (χ4v) is 2.34. The molecule has 2 aromatic rings. The van der Waals surface area contributed by atoms with E-state index in [1.807, 2.05) is 38.1 Å². The van der Waals surface area contributed by atoms with Gasteiger partial charge in [-0.3, -0.25) is 0 Å². The first-order valence-electron chi connectivity index (χ1n) is 7.57. The summed E-state index contributed by atoms with van der Waals surface area (Å²) >= 11 is 0. The van der Waals surface area contributed by atoms with Crippen molar-refractivity contribution in [1.82, 2.24) is 9.97 Å². The van der Waals surface area contributed by atoms with Gasteiger partial charge in [0.25, 0.3) is 0 Å². The van der Waals surface area contributed by atoms with Crippen LogP contribution in [0.3, 0.4) is 0 Å². The molecular weight excluding hydrogens is 306 g/mol. The number of carboxylic acid groups (broad SMARTS) is 1. The lowest BCUT2D eigenvalue weighted by Crippen LogP contribution is -2.11. The van der Waals surface area contributed by atoms with Crippen LogP contribution < -0.4 is 10.5 Å². The molecule has 0 aliphatic rings. The highest BCUT2D eigenvalue weighted by molar-refractivity contribution is 5.87. The van der Waals surface area contributed by atoms with Crippen molar-refractivity contribution < 1.29 is 14.6 Å². The Hall–Kier alpha value is -2.89. The maximum atomic E-state index is 11.4. The van der Waals surface area contributed by atoms with E-state index in [1.54, 1.807) is 14.0 Å². The van der Waals surface area contributed by atoms with Gasteiger partial charge in [0.1, 0.15) is 5.75 Å². The summed E-state index contributed by atoms with van der Waals surface area (Å²) in [5.41, 5.74) is 8.43. The Morgan fingerprint density at radius 2 is 1.92 bits per heavy atom. The molecule has 0 amide bonds. The lowest BCUT2D eigenvalue weighted by atomic mass is 10.0. The molecule has 0 saturated heterocycles. The number of methoxy groups -OCH3 is 1. The molecule has 0 bridgehead atoms. The number of hydrogen-bond acceptors (Lipinski definition) is 5. The molecule has 3 N–H and O–H groups in total. The Balaban J connectivity index is 2.74.